The number of aromatic nitrogens is 2. The molecule has 13 heteroatoms. The van der Waals surface area contributed by atoms with Crippen LogP contribution in [0.15, 0.2) is 88.8 Å². The zero-order chi connectivity index (χ0) is 28.2. The van der Waals surface area contributed by atoms with Gasteiger partial charge in [0, 0.05) is 37.1 Å². The summed E-state index contributed by atoms with van der Waals surface area (Å²) in [6.45, 7) is 0.803. The summed E-state index contributed by atoms with van der Waals surface area (Å²) < 4.78 is 61.1. The molecule has 1 aliphatic rings. The van der Waals surface area contributed by atoms with Gasteiger partial charge in [0.1, 0.15) is 11.6 Å². The van der Waals surface area contributed by atoms with Crippen LogP contribution in [0.1, 0.15) is 12.0 Å². The molecule has 4 bridgehead atoms. The molecule has 0 saturated carbocycles. The summed E-state index contributed by atoms with van der Waals surface area (Å²) in [4.78, 5) is 9.39. The number of fused-ring (bicyclic) bond motifs is 4. The molecule has 0 radical (unpaired) electrons. The van der Waals surface area contributed by atoms with Crippen molar-refractivity contribution in [1.82, 2.24) is 19.4 Å². The summed E-state index contributed by atoms with van der Waals surface area (Å²) in [5.74, 6) is 1.44. The fourth-order valence-electron chi connectivity index (χ4n) is 4.11. The molecule has 3 aromatic carbocycles. The standard InChI is InChI=1S/C27H28N6O5S2/c1-38-22-9-11-23(12-10-22)39(34,35)31-17-19-5-2-6-20(15-19)25-18-29-27-32-21-7-3-8-24(16-21)40(36,37)30-14-4-13-28-26(25)33-27/h2-3,5-12,15-16,18,30-31H,4,13-14,17H2,1H3,(H2,28,29,32,33). The monoisotopic (exact) mass is 580 g/mol. The minimum Gasteiger partial charge on any atom is -0.497 e. The Labute approximate surface area is 233 Å². The minimum absolute atomic E-state index is 0.0853. The van der Waals surface area contributed by atoms with Gasteiger partial charge in [-0.05, 0) is 66.1 Å². The van der Waals surface area contributed by atoms with Gasteiger partial charge in [-0.1, -0.05) is 24.3 Å². The molecule has 40 heavy (non-hydrogen) atoms. The van der Waals surface area contributed by atoms with Gasteiger partial charge in [0.25, 0.3) is 0 Å². The number of methoxy groups -OCH3 is 1. The number of hydrogen-bond acceptors (Lipinski definition) is 9. The van der Waals surface area contributed by atoms with E-state index in [2.05, 4.69) is 30.0 Å². The van der Waals surface area contributed by atoms with E-state index < -0.39 is 20.0 Å². The van der Waals surface area contributed by atoms with Crippen LogP contribution in [-0.4, -0.2) is 47.0 Å². The number of anilines is 3. The van der Waals surface area contributed by atoms with Gasteiger partial charge < -0.3 is 15.4 Å². The lowest BCUT2D eigenvalue weighted by Crippen LogP contribution is -2.26. The van der Waals surface area contributed by atoms with E-state index in [4.69, 9.17) is 4.74 Å². The highest BCUT2D eigenvalue weighted by atomic mass is 32.2. The summed E-state index contributed by atoms with van der Waals surface area (Å²) in [5.41, 5.74) is 2.80. The predicted molar refractivity (Wildman–Crippen MR) is 153 cm³/mol. The first-order valence-corrected chi connectivity index (χ1v) is 15.4. The van der Waals surface area contributed by atoms with Crippen molar-refractivity contribution in [3.05, 3.63) is 84.6 Å². The van der Waals surface area contributed by atoms with Crippen molar-refractivity contribution in [2.75, 3.05) is 30.8 Å². The van der Waals surface area contributed by atoms with Crippen LogP contribution in [0.4, 0.5) is 17.5 Å². The molecule has 5 rings (SSSR count). The Bertz CT molecular complexity index is 1730. The molecule has 0 spiro atoms. The highest BCUT2D eigenvalue weighted by molar-refractivity contribution is 7.89. The van der Waals surface area contributed by atoms with Crippen LogP contribution in [-0.2, 0) is 26.6 Å². The van der Waals surface area contributed by atoms with Crippen molar-refractivity contribution in [3.8, 4) is 16.9 Å². The molecule has 1 aliphatic heterocycles. The van der Waals surface area contributed by atoms with E-state index in [1.807, 2.05) is 24.3 Å². The molecule has 0 atom stereocenters. The molecule has 2 heterocycles. The second kappa shape index (κ2) is 11.6. The van der Waals surface area contributed by atoms with E-state index in [1.165, 1.54) is 31.4 Å². The average molecular weight is 581 g/mol. The molecule has 4 aromatic rings. The van der Waals surface area contributed by atoms with Crippen molar-refractivity contribution in [2.45, 2.75) is 22.8 Å². The highest BCUT2D eigenvalue weighted by Gasteiger charge is 2.17. The summed E-state index contributed by atoms with van der Waals surface area (Å²) in [7, 11) is -5.85. The van der Waals surface area contributed by atoms with Crippen molar-refractivity contribution in [3.63, 3.8) is 0 Å². The lowest BCUT2D eigenvalue weighted by atomic mass is 10.0. The number of nitrogens with zero attached hydrogens (tertiary/aromatic N) is 2. The second-order valence-corrected chi connectivity index (χ2v) is 12.5. The number of hydrogen-bond donors (Lipinski definition) is 4. The molecule has 0 amide bonds. The largest absolute Gasteiger partial charge is 0.497 e. The quantitative estimate of drug-likeness (QED) is 0.269. The van der Waals surface area contributed by atoms with Crippen LogP contribution in [0.3, 0.4) is 0 Å². The van der Waals surface area contributed by atoms with Gasteiger partial charge in [-0.2, -0.15) is 4.98 Å². The van der Waals surface area contributed by atoms with Crippen LogP contribution in [0.5, 0.6) is 5.75 Å². The Morgan fingerprint density at radius 1 is 1.00 bits per heavy atom. The minimum atomic E-state index is -3.73. The topological polar surface area (TPSA) is 151 Å². The van der Waals surface area contributed by atoms with Crippen LogP contribution >= 0.6 is 0 Å². The Hall–Kier alpha value is -4.04. The van der Waals surface area contributed by atoms with E-state index in [1.54, 1.807) is 30.5 Å². The van der Waals surface area contributed by atoms with Crippen molar-refractivity contribution in [1.29, 1.82) is 0 Å². The van der Waals surface area contributed by atoms with Crippen LogP contribution in [0.25, 0.3) is 11.1 Å². The SMILES string of the molecule is COc1ccc(S(=O)(=O)NCc2cccc(-c3cnc4nc3NCCCNS(=O)(=O)c3cccc(c3)N4)c2)cc1. The van der Waals surface area contributed by atoms with Gasteiger partial charge in [0.15, 0.2) is 0 Å². The number of sulfonamides is 2. The Morgan fingerprint density at radius 2 is 1.80 bits per heavy atom. The fraction of sp³-hybridized carbons (Fsp3) is 0.185. The highest BCUT2D eigenvalue weighted by Crippen LogP contribution is 2.29. The number of ether oxygens (including phenoxy) is 1. The van der Waals surface area contributed by atoms with Crippen LogP contribution in [0.2, 0.25) is 0 Å². The van der Waals surface area contributed by atoms with E-state index in [9.17, 15) is 16.8 Å². The number of nitrogens with one attached hydrogen (secondary N) is 4. The van der Waals surface area contributed by atoms with Gasteiger partial charge in [-0.15, -0.1) is 0 Å². The summed E-state index contributed by atoms with van der Waals surface area (Å²) >= 11 is 0. The Kier molecular flexibility index (Phi) is 7.98. The third kappa shape index (κ3) is 6.39. The van der Waals surface area contributed by atoms with Gasteiger partial charge in [-0.25, -0.2) is 31.3 Å². The molecular weight excluding hydrogens is 552 g/mol. The van der Waals surface area contributed by atoms with Gasteiger partial charge >= 0.3 is 0 Å². The van der Waals surface area contributed by atoms with Gasteiger partial charge in [-0.3, -0.25) is 0 Å². The van der Waals surface area contributed by atoms with Crippen molar-refractivity contribution in [2.24, 2.45) is 0 Å². The molecule has 0 saturated heterocycles. The molecule has 208 valence electrons. The maximum Gasteiger partial charge on any atom is 0.240 e. The van der Waals surface area contributed by atoms with Crippen molar-refractivity contribution >= 4 is 37.5 Å². The third-order valence-electron chi connectivity index (χ3n) is 6.20. The smallest absolute Gasteiger partial charge is 0.240 e. The van der Waals surface area contributed by atoms with E-state index >= 15 is 0 Å². The van der Waals surface area contributed by atoms with Gasteiger partial charge in [0.2, 0.25) is 26.0 Å². The number of benzene rings is 3. The first kappa shape index (κ1) is 27.5. The predicted octanol–water partition coefficient (Wildman–Crippen LogP) is 3.47. The summed E-state index contributed by atoms with van der Waals surface area (Å²) in [6, 6.07) is 20.1. The zero-order valence-electron chi connectivity index (χ0n) is 21.6. The first-order chi connectivity index (χ1) is 19.2. The molecular formula is C27H28N6O5S2. The molecule has 0 fully saturated rings. The normalized spacial score (nSPS) is 14.9. The lowest BCUT2D eigenvalue weighted by molar-refractivity contribution is 0.414. The van der Waals surface area contributed by atoms with E-state index in [0.29, 0.717) is 36.2 Å². The molecule has 0 unspecified atom stereocenters. The Balaban J connectivity index is 1.39. The maximum atomic E-state index is 12.8. The average Bonchev–Trinajstić information content (AvgIpc) is 2.96. The molecule has 0 aliphatic carbocycles. The van der Waals surface area contributed by atoms with E-state index in [0.717, 1.165) is 16.7 Å². The third-order valence-corrected chi connectivity index (χ3v) is 9.08. The zero-order valence-corrected chi connectivity index (χ0v) is 23.2. The van der Waals surface area contributed by atoms with Crippen LogP contribution in [0, 0.1) is 0 Å². The number of rotatable bonds is 6. The molecule has 11 nitrogen and oxygen atoms in total. The lowest BCUT2D eigenvalue weighted by Gasteiger charge is -2.14. The fourth-order valence-corrected chi connectivity index (χ4v) is 6.25. The van der Waals surface area contributed by atoms with Crippen molar-refractivity contribution < 1.29 is 21.6 Å². The summed E-state index contributed by atoms with van der Waals surface area (Å²) in [5, 5.41) is 6.35. The Morgan fingerprint density at radius 3 is 2.60 bits per heavy atom. The molecule has 4 N–H and O–H groups in total. The van der Waals surface area contributed by atoms with Gasteiger partial charge in [0.05, 0.1) is 16.9 Å². The summed E-state index contributed by atoms with van der Waals surface area (Å²) in [6.07, 6.45) is 2.20. The maximum absolute atomic E-state index is 12.8. The van der Waals surface area contributed by atoms with Crippen LogP contribution < -0.4 is 24.8 Å². The molecule has 1 aromatic heterocycles. The van der Waals surface area contributed by atoms with E-state index in [-0.39, 0.29) is 22.9 Å². The second-order valence-electron chi connectivity index (χ2n) is 8.99. The first-order valence-electron chi connectivity index (χ1n) is 12.4.